The van der Waals surface area contributed by atoms with Crippen molar-refractivity contribution in [3.8, 4) is 10.7 Å². The maximum absolute atomic E-state index is 5.78. The van der Waals surface area contributed by atoms with Crippen LogP contribution in [0.25, 0.3) is 10.7 Å². The molecule has 138 valence electrons. The average molecular weight is 405 g/mol. The predicted octanol–water partition coefficient (Wildman–Crippen LogP) is 5.87. The van der Waals surface area contributed by atoms with E-state index >= 15 is 0 Å². The Morgan fingerprint density at radius 1 is 1.23 bits per heavy atom. The molecule has 1 saturated carbocycles. The first-order valence-electron chi connectivity index (χ1n) is 8.95. The van der Waals surface area contributed by atoms with Gasteiger partial charge in [0.25, 0.3) is 0 Å². The number of nitrogens with zero attached hydrogens (tertiary/aromatic N) is 3. The Morgan fingerprint density at radius 3 is 2.54 bits per heavy atom. The number of aromatic nitrogens is 3. The van der Waals surface area contributed by atoms with Gasteiger partial charge in [0, 0.05) is 17.0 Å². The molecule has 3 heterocycles. The molecule has 3 aromatic rings. The predicted molar refractivity (Wildman–Crippen MR) is 112 cm³/mol. The summed E-state index contributed by atoms with van der Waals surface area (Å²) in [5, 5.41) is 12.8. The highest BCUT2D eigenvalue weighted by molar-refractivity contribution is 7.71. The lowest BCUT2D eigenvalue weighted by molar-refractivity contribution is 0.255. The highest BCUT2D eigenvalue weighted by Crippen LogP contribution is 2.39. The van der Waals surface area contributed by atoms with Gasteiger partial charge in [0.1, 0.15) is 0 Å². The number of nitrogens with one attached hydrogen (secondary N) is 1. The van der Waals surface area contributed by atoms with Crippen molar-refractivity contribution in [3.05, 3.63) is 44.7 Å². The minimum atomic E-state index is 0.114. The van der Waals surface area contributed by atoms with Crippen LogP contribution in [-0.2, 0) is 6.67 Å². The van der Waals surface area contributed by atoms with Crippen LogP contribution in [0.4, 0.5) is 0 Å². The lowest BCUT2D eigenvalue weighted by Crippen LogP contribution is -2.33. The Bertz CT molecular complexity index is 909. The second-order valence-electron chi connectivity index (χ2n) is 7.86. The van der Waals surface area contributed by atoms with E-state index in [1.165, 1.54) is 22.6 Å². The standard InChI is InChI=1S/C19H24N4S3/c1-19(2,3)16(14-6-4-10-25-14)20-12-22-18(24)23(13-8-9-13)17(21-22)15-7-5-11-26-15/h4-7,10-11,13,16,20H,8-9,12H2,1-3H3. The van der Waals surface area contributed by atoms with Gasteiger partial charge in [-0.2, -0.15) is 0 Å². The van der Waals surface area contributed by atoms with Gasteiger partial charge in [0.05, 0.1) is 11.5 Å². The fraction of sp³-hybridized carbons (Fsp3) is 0.474. The van der Waals surface area contributed by atoms with Crippen LogP contribution in [-0.4, -0.2) is 14.3 Å². The third-order valence-electron chi connectivity index (χ3n) is 4.66. The van der Waals surface area contributed by atoms with Gasteiger partial charge < -0.3 is 0 Å². The van der Waals surface area contributed by atoms with Crippen LogP contribution >= 0.6 is 34.9 Å². The van der Waals surface area contributed by atoms with Crippen molar-refractivity contribution < 1.29 is 0 Å². The largest absolute Gasteiger partial charge is 0.296 e. The SMILES string of the molecule is CC(C)(C)C(NCn1nc(-c2cccs2)n(C2CC2)c1=S)c1cccs1. The molecular formula is C19H24N4S3. The zero-order chi connectivity index (χ0) is 18.3. The molecule has 0 spiro atoms. The second-order valence-corrected chi connectivity index (χ2v) is 10.2. The zero-order valence-corrected chi connectivity index (χ0v) is 17.8. The monoisotopic (exact) mass is 404 g/mol. The third-order valence-corrected chi connectivity index (χ3v) is 6.87. The average Bonchev–Trinajstić information content (AvgIpc) is 3.02. The minimum Gasteiger partial charge on any atom is -0.296 e. The highest BCUT2D eigenvalue weighted by atomic mass is 32.1. The van der Waals surface area contributed by atoms with Gasteiger partial charge >= 0.3 is 0 Å². The van der Waals surface area contributed by atoms with Gasteiger partial charge in [-0.15, -0.1) is 27.8 Å². The van der Waals surface area contributed by atoms with E-state index in [4.69, 9.17) is 17.3 Å². The zero-order valence-electron chi connectivity index (χ0n) is 15.3. The molecule has 7 heteroatoms. The number of thiophene rings is 2. The summed E-state index contributed by atoms with van der Waals surface area (Å²) in [6, 6.07) is 9.30. The van der Waals surface area contributed by atoms with Crippen molar-refractivity contribution >= 4 is 34.9 Å². The molecule has 1 fully saturated rings. The molecule has 1 aliphatic rings. The van der Waals surface area contributed by atoms with E-state index in [1.54, 1.807) is 22.7 Å². The molecule has 0 saturated heterocycles. The molecule has 1 N–H and O–H groups in total. The first-order chi connectivity index (χ1) is 12.4. The highest BCUT2D eigenvalue weighted by Gasteiger charge is 2.30. The van der Waals surface area contributed by atoms with Crippen molar-refractivity contribution in [2.75, 3.05) is 0 Å². The summed E-state index contributed by atoms with van der Waals surface area (Å²) >= 11 is 9.30. The molecule has 1 unspecified atom stereocenters. The number of hydrogen-bond acceptors (Lipinski definition) is 5. The van der Waals surface area contributed by atoms with Crippen LogP contribution in [0.3, 0.4) is 0 Å². The van der Waals surface area contributed by atoms with Gasteiger partial charge in [0.2, 0.25) is 0 Å². The normalized spacial score (nSPS) is 16.1. The van der Waals surface area contributed by atoms with Gasteiger partial charge in [0.15, 0.2) is 10.6 Å². The summed E-state index contributed by atoms with van der Waals surface area (Å²) < 4.78 is 5.03. The summed E-state index contributed by atoms with van der Waals surface area (Å²) in [7, 11) is 0. The second kappa shape index (κ2) is 7.03. The van der Waals surface area contributed by atoms with E-state index < -0.39 is 0 Å². The Balaban J connectivity index is 1.62. The quantitative estimate of drug-likeness (QED) is 0.522. The first-order valence-corrected chi connectivity index (χ1v) is 11.1. The van der Waals surface area contributed by atoms with Crippen LogP contribution in [0.2, 0.25) is 0 Å². The van der Waals surface area contributed by atoms with Gasteiger partial charge in [-0.05, 0) is 53.4 Å². The van der Waals surface area contributed by atoms with Crippen molar-refractivity contribution in [1.82, 2.24) is 19.7 Å². The van der Waals surface area contributed by atoms with E-state index in [1.807, 2.05) is 4.68 Å². The van der Waals surface area contributed by atoms with Crippen molar-refractivity contribution in [3.63, 3.8) is 0 Å². The summed E-state index contributed by atoms with van der Waals surface area (Å²) in [6.45, 7) is 7.42. The Labute approximate surface area is 167 Å². The lowest BCUT2D eigenvalue weighted by Gasteiger charge is -2.30. The summed E-state index contributed by atoms with van der Waals surface area (Å²) in [5.41, 5.74) is 0.114. The van der Waals surface area contributed by atoms with E-state index in [9.17, 15) is 0 Å². The van der Waals surface area contributed by atoms with Crippen LogP contribution in [0, 0.1) is 10.2 Å². The maximum Gasteiger partial charge on any atom is 0.199 e. The molecule has 4 nitrogen and oxygen atoms in total. The van der Waals surface area contributed by atoms with Crippen LogP contribution in [0.5, 0.6) is 0 Å². The number of rotatable bonds is 6. The van der Waals surface area contributed by atoms with Gasteiger partial charge in [-0.25, -0.2) is 4.68 Å². The Kier molecular flexibility index (Phi) is 4.90. The van der Waals surface area contributed by atoms with E-state index in [0.29, 0.717) is 12.7 Å². The lowest BCUT2D eigenvalue weighted by atomic mass is 9.86. The van der Waals surface area contributed by atoms with Crippen LogP contribution in [0.15, 0.2) is 35.0 Å². The molecule has 0 bridgehead atoms. The van der Waals surface area contributed by atoms with Gasteiger partial charge in [-0.3, -0.25) is 9.88 Å². The smallest absolute Gasteiger partial charge is 0.199 e. The maximum atomic E-state index is 5.78. The molecule has 4 rings (SSSR count). The fourth-order valence-electron chi connectivity index (χ4n) is 3.23. The summed E-state index contributed by atoms with van der Waals surface area (Å²) in [5.74, 6) is 1.01. The minimum absolute atomic E-state index is 0.114. The molecule has 3 aromatic heterocycles. The third kappa shape index (κ3) is 3.58. The fourth-order valence-corrected chi connectivity index (χ4v) is 5.32. The molecule has 0 aromatic carbocycles. The van der Waals surface area contributed by atoms with Crippen molar-refractivity contribution in [2.24, 2.45) is 5.41 Å². The van der Waals surface area contributed by atoms with E-state index in [0.717, 1.165) is 10.6 Å². The van der Waals surface area contributed by atoms with Crippen LogP contribution in [0.1, 0.15) is 50.6 Å². The molecular weight excluding hydrogens is 380 g/mol. The Morgan fingerprint density at radius 2 is 1.96 bits per heavy atom. The summed E-state index contributed by atoms with van der Waals surface area (Å²) in [4.78, 5) is 2.54. The van der Waals surface area contributed by atoms with Crippen molar-refractivity contribution in [2.45, 2.75) is 52.4 Å². The topological polar surface area (TPSA) is 34.8 Å². The Hall–Kier alpha value is -1.28. The first kappa shape index (κ1) is 18.1. The molecule has 0 radical (unpaired) electrons. The summed E-state index contributed by atoms with van der Waals surface area (Å²) in [6.07, 6.45) is 2.40. The molecule has 0 amide bonds. The van der Waals surface area contributed by atoms with Crippen LogP contribution < -0.4 is 5.32 Å². The molecule has 26 heavy (non-hydrogen) atoms. The van der Waals surface area contributed by atoms with E-state index in [-0.39, 0.29) is 11.5 Å². The molecule has 1 aliphatic carbocycles. The molecule has 1 atom stereocenters. The molecule has 0 aliphatic heterocycles. The van der Waals surface area contributed by atoms with Crippen molar-refractivity contribution in [1.29, 1.82) is 0 Å². The number of hydrogen-bond donors (Lipinski definition) is 1. The van der Waals surface area contributed by atoms with Gasteiger partial charge in [-0.1, -0.05) is 32.9 Å². The van der Waals surface area contributed by atoms with E-state index in [2.05, 4.69) is 65.7 Å².